The molecule has 2 nitrogen and oxygen atoms in total. The highest BCUT2D eigenvalue weighted by Crippen LogP contribution is 2.14. The van der Waals surface area contributed by atoms with E-state index in [1.54, 1.807) is 0 Å². The third-order valence-corrected chi connectivity index (χ3v) is 3.73. The summed E-state index contributed by atoms with van der Waals surface area (Å²) >= 11 is 8.51. The van der Waals surface area contributed by atoms with Crippen LogP contribution in [0.15, 0.2) is 53.0 Å². The first-order chi connectivity index (χ1) is 9.54. The molecule has 0 radical (unpaired) electrons. The van der Waals surface area contributed by atoms with Crippen molar-refractivity contribution in [2.75, 3.05) is 7.05 Å². The van der Waals surface area contributed by atoms with Crippen molar-refractivity contribution >= 4 is 33.1 Å². The lowest BCUT2D eigenvalue weighted by Gasteiger charge is -2.17. The van der Waals surface area contributed by atoms with Crippen LogP contribution in [-0.2, 0) is 13.1 Å². The van der Waals surface area contributed by atoms with Gasteiger partial charge in [0.25, 0.3) is 0 Å². The number of hydrogen-bond donors (Lipinski definition) is 1. The third kappa shape index (κ3) is 4.40. The van der Waals surface area contributed by atoms with Crippen molar-refractivity contribution in [3.05, 3.63) is 69.7 Å². The lowest BCUT2D eigenvalue weighted by molar-refractivity contribution is 0.319. The van der Waals surface area contributed by atoms with Crippen molar-refractivity contribution in [2.45, 2.75) is 13.1 Å². The number of nitrogens with two attached hydrogens (primary N) is 1. The molecule has 0 aliphatic heterocycles. The predicted molar refractivity (Wildman–Crippen MR) is 91.6 cm³/mol. The minimum Gasteiger partial charge on any atom is -0.389 e. The summed E-state index contributed by atoms with van der Waals surface area (Å²) in [6.45, 7) is 1.76. The lowest BCUT2D eigenvalue weighted by atomic mass is 10.1. The quantitative estimate of drug-likeness (QED) is 0.835. The summed E-state index contributed by atoms with van der Waals surface area (Å²) in [7, 11) is 2.11. The molecule has 0 aromatic heterocycles. The van der Waals surface area contributed by atoms with Crippen molar-refractivity contribution in [1.29, 1.82) is 0 Å². The van der Waals surface area contributed by atoms with Crippen LogP contribution >= 0.6 is 28.1 Å². The molecule has 104 valence electrons. The molecule has 2 aromatic carbocycles. The summed E-state index contributed by atoms with van der Waals surface area (Å²) in [5.41, 5.74) is 9.09. The van der Waals surface area contributed by atoms with Gasteiger partial charge in [-0.25, -0.2) is 0 Å². The summed E-state index contributed by atoms with van der Waals surface area (Å²) in [4.78, 5) is 2.71. The highest BCUT2D eigenvalue weighted by Gasteiger charge is 2.04. The Hall–Kier alpha value is -1.23. The van der Waals surface area contributed by atoms with Gasteiger partial charge in [-0.05, 0) is 36.4 Å². The van der Waals surface area contributed by atoms with E-state index in [-0.39, 0.29) is 0 Å². The monoisotopic (exact) mass is 348 g/mol. The lowest BCUT2D eigenvalue weighted by Crippen LogP contribution is -2.18. The van der Waals surface area contributed by atoms with Crippen molar-refractivity contribution in [3.63, 3.8) is 0 Å². The van der Waals surface area contributed by atoms with E-state index in [1.807, 2.05) is 18.2 Å². The zero-order chi connectivity index (χ0) is 14.5. The highest BCUT2D eigenvalue weighted by atomic mass is 79.9. The second-order valence-electron chi connectivity index (χ2n) is 4.87. The predicted octanol–water partition coefficient (Wildman–Crippen LogP) is 3.72. The number of nitrogens with zero attached hydrogens (tertiary/aromatic N) is 1. The molecule has 2 N–H and O–H groups in total. The first-order valence-corrected chi connectivity index (χ1v) is 7.56. The summed E-state index contributed by atoms with van der Waals surface area (Å²) < 4.78 is 1.11. The Kier molecular flexibility index (Phi) is 5.29. The van der Waals surface area contributed by atoms with Gasteiger partial charge in [-0.3, -0.25) is 4.90 Å². The Morgan fingerprint density at radius 3 is 2.30 bits per heavy atom. The SMILES string of the molecule is CN(Cc1cccc(Br)c1)Cc1cccc(C(N)=S)c1. The van der Waals surface area contributed by atoms with Gasteiger partial charge in [0, 0.05) is 23.1 Å². The molecular formula is C16H17BrN2S. The molecule has 0 fully saturated rings. The molecule has 0 saturated heterocycles. The zero-order valence-electron chi connectivity index (χ0n) is 11.3. The van der Waals surface area contributed by atoms with Crippen molar-refractivity contribution < 1.29 is 0 Å². The molecule has 0 bridgehead atoms. The maximum absolute atomic E-state index is 5.67. The molecule has 0 amide bonds. The van der Waals surface area contributed by atoms with Crippen molar-refractivity contribution in [1.82, 2.24) is 4.90 Å². The number of rotatable bonds is 5. The van der Waals surface area contributed by atoms with Gasteiger partial charge >= 0.3 is 0 Å². The molecule has 0 spiro atoms. The van der Waals surface area contributed by atoms with E-state index in [4.69, 9.17) is 18.0 Å². The van der Waals surface area contributed by atoms with Gasteiger partial charge in [-0.2, -0.15) is 0 Å². The normalized spacial score (nSPS) is 10.8. The molecule has 20 heavy (non-hydrogen) atoms. The van der Waals surface area contributed by atoms with Crippen LogP contribution in [0.5, 0.6) is 0 Å². The average molecular weight is 349 g/mol. The molecule has 0 aliphatic rings. The van der Waals surface area contributed by atoms with Crippen LogP contribution in [0.25, 0.3) is 0 Å². The fourth-order valence-electron chi connectivity index (χ4n) is 2.14. The largest absolute Gasteiger partial charge is 0.389 e. The van der Waals surface area contributed by atoms with Crippen LogP contribution in [0.3, 0.4) is 0 Å². The highest BCUT2D eigenvalue weighted by molar-refractivity contribution is 9.10. The Balaban J connectivity index is 2.02. The fraction of sp³-hybridized carbons (Fsp3) is 0.188. The Bertz CT molecular complexity index is 613. The Morgan fingerprint density at radius 1 is 1.10 bits per heavy atom. The van der Waals surface area contributed by atoms with E-state index in [9.17, 15) is 0 Å². The third-order valence-electron chi connectivity index (χ3n) is 3.01. The molecule has 0 aliphatic carbocycles. The minimum absolute atomic E-state index is 0.446. The fourth-order valence-corrected chi connectivity index (χ4v) is 2.71. The minimum atomic E-state index is 0.446. The summed E-state index contributed by atoms with van der Waals surface area (Å²) in [6, 6.07) is 16.5. The van der Waals surface area contributed by atoms with Crippen LogP contribution < -0.4 is 5.73 Å². The summed E-state index contributed by atoms with van der Waals surface area (Å²) in [5, 5.41) is 0. The van der Waals surface area contributed by atoms with E-state index in [0.29, 0.717) is 4.99 Å². The Morgan fingerprint density at radius 2 is 1.70 bits per heavy atom. The van der Waals surface area contributed by atoms with Crippen molar-refractivity contribution in [3.8, 4) is 0 Å². The maximum atomic E-state index is 5.67. The number of hydrogen-bond acceptors (Lipinski definition) is 2. The second kappa shape index (κ2) is 6.97. The van der Waals surface area contributed by atoms with Gasteiger partial charge in [-0.15, -0.1) is 0 Å². The van der Waals surface area contributed by atoms with Gasteiger partial charge in [0.1, 0.15) is 4.99 Å². The average Bonchev–Trinajstić information content (AvgIpc) is 2.38. The summed E-state index contributed by atoms with van der Waals surface area (Å²) in [5.74, 6) is 0. The van der Waals surface area contributed by atoms with E-state index >= 15 is 0 Å². The molecule has 0 saturated carbocycles. The van der Waals surface area contributed by atoms with E-state index in [2.05, 4.69) is 58.2 Å². The van der Waals surface area contributed by atoms with Crippen LogP contribution in [0, 0.1) is 0 Å². The van der Waals surface area contributed by atoms with Gasteiger partial charge < -0.3 is 5.73 Å². The van der Waals surface area contributed by atoms with Crippen LogP contribution in [0.4, 0.5) is 0 Å². The summed E-state index contributed by atoms with van der Waals surface area (Å²) in [6.07, 6.45) is 0. The number of halogens is 1. The standard InChI is InChI=1S/C16H17BrN2S/c1-19(11-13-5-3-7-15(17)9-13)10-12-4-2-6-14(8-12)16(18)20/h2-9H,10-11H2,1H3,(H2,18,20). The van der Waals surface area contributed by atoms with Crippen LogP contribution in [-0.4, -0.2) is 16.9 Å². The topological polar surface area (TPSA) is 29.3 Å². The Labute approximate surface area is 133 Å². The number of benzene rings is 2. The van der Waals surface area contributed by atoms with Gasteiger partial charge in [-0.1, -0.05) is 58.5 Å². The second-order valence-corrected chi connectivity index (χ2v) is 6.22. The molecule has 0 unspecified atom stereocenters. The van der Waals surface area contributed by atoms with E-state index in [0.717, 1.165) is 23.1 Å². The van der Waals surface area contributed by atoms with E-state index in [1.165, 1.54) is 11.1 Å². The molecular weight excluding hydrogens is 332 g/mol. The van der Waals surface area contributed by atoms with Crippen LogP contribution in [0.1, 0.15) is 16.7 Å². The van der Waals surface area contributed by atoms with Gasteiger partial charge in [0.05, 0.1) is 0 Å². The van der Waals surface area contributed by atoms with Crippen LogP contribution in [0.2, 0.25) is 0 Å². The van der Waals surface area contributed by atoms with Gasteiger partial charge in [0.2, 0.25) is 0 Å². The molecule has 4 heteroatoms. The maximum Gasteiger partial charge on any atom is 0.103 e. The van der Waals surface area contributed by atoms with Crippen molar-refractivity contribution in [2.24, 2.45) is 5.73 Å². The molecule has 0 atom stereocenters. The molecule has 2 aromatic rings. The van der Waals surface area contributed by atoms with E-state index < -0.39 is 0 Å². The smallest absolute Gasteiger partial charge is 0.103 e. The zero-order valence-corrected chi connectivity index (χ0v) is 13.7. The molecule has 0 heterocycles. The first-order valence-electron chi connectivity index (χ1n) is 6.36. The molecule has 2 rings (SSSR count). The first kappa shape index (κ1) is 15.2. The van der Waals surface area contributed by atoms with Gasteiger partial charge in [0.15, 0.2) is 0 Å². The number of thiocarbonyl (C=S) groups is 1.